The zero-order valence-electron chi connectivity index (χ0n) is 5.42. The standard InChI is InChI=1S/C6H8BrNO2/c7-8-3-1-2-5(8)6(10)4-9/h4-5H,1-3H2. The Hall–Kier alpha value is -0.220. The fourth-order valence-corrected chi connectivity index (χ4v) is 1.75. The van der Waals surface area contributed by atoms with Crippen LogP contribution in [0.1, 0.15) is 12.8 Å². The first-order valence-electron chi connectivity index (χ1n) is 3.17. The van der Waals surface area contributed by atoms with E-state index in [0.717, 1.165) is 19.4 Å². The van der Waals surface area contributed by atoms with Crippen LogP contribution >= 0.6 is 16.1 Å². The van der Waals surface area contributed by atoms with Crippen molar-refractivity contribution in [3.63, 3.8) is 0 Å². The summed E-state index contributed by atoms with van der Waals surface area (Å²) in [5, 5.41) is 0. The molecule has 1 aliphatic heterocycles. The minimum absolute atomic E-state index is 0.211. The quantitative estimate of drug-likeness (QED) is 0.375. The summed E-state index contributed by atoms with van der Waals surface area (Å²) in [6.07, 6.45) is 2.17. The van der Waals surface area contributed by atoms with Crippen LogP contribution < -0.4 is 0 Å². The molecule has 0 aromatic rings. The second kappa shape index (κ2) is 3.25. The summed E-state index contributed by atoms with van der Waals surface area (Å²) in [4.78, 5) is 20.8. The Balaban J connectivity index is 2.54. The lowest BCUT2D eigenvalue weighted by Crippen LogP contribution is -2.29. The third kappa shape index (κ3) is 1.44. The monoisotopic (exact) mass is 205 g/mol. The van der Waals surface area contributed by atoms with Gasteiger partial charge in [0.25, 0.3) is 0 Å². The summed E-state index contributed by atoms with van der Waals surface area (Å²) in [6.45, 7) is 0.851. The Kier molecular flexibility index (Phi) is 2.56. The van der Waals surface area contributed by atoms with Gasteiger partial charge >= 0.3 is 0 Å². The second-order valence-electron chi connectivity index (χ2n) is 2.30. The molecule has 0 spiro atoms. The van der Waals surface area contributed by atoms with Crippen LogP contribution in [-0.4, -0.2) is 28.6 Å². The molecule has 1 atom stereocenters. The molecular weight excluding hydrogens is 198 g/mol. The molecule has 0 N–H and O–H groups in total. The molecule has 0 bridgehead atoms. The van der Waals surface area contributed by atoms with E-state index in [0.29, 0.717) is 6.29 Å². The smallest absolute Gasteiger partial charge is 0.213 e. The first kappa shape index (κ1) is 7.88. The number of hydrogen-bond donors (Lipinski definition) is 0. The van der Waals surface area contributed by atoms with Gasteiger partial charge in [0.2, 0.25) is 5.78 Å². The van der Waals surface area contributed by atoms with Gasteiger partial charge < -0.3 is 0 Å². The molecule has 0 amide bonds. The predicted molar refractivity (Wildman–Crippen MR) is 39.7 cm³/mol. The molecule has 1 fully saturated rings. The molecule has 4 heteroatoms. The molecule has 0 radical (unpaired) electrons. The van der Waals surface area contributed by atoms with Crippen molar-refractivity contribution < 1.29 is 9.59 Å². The first-order valence-corrected chi connectivity index (χ1v) is 3.88. The Morgan fingerprint density at radius 2 is 2.40 bits per heavy atom. The van der Waals surface area contributed by atoms with Gasteiger partial charge in [0, 0.05) is 22.7 Å². The Labute approximate surface area is 67.7 Å². The lowest BCUT2D eigenvalue weighted by Gasteiger charge is -2.11. The highest BCUT2D eigenvalue weighted by atomic mass is 79.9. The molecule has 0 aliphatic carbocycles. The van der Waals surface area contributed by atoms with Gasteiger partial charge in [0.15, 0.2) is 6.29 Å². The molecule has 56 valence electrons. The number of hydrogen-bond acceptors (Lipinski definition) is 3. The topological polar surface area (TPSA) is 37.4 Å². The van der Waals surface area contributed by atoms with Crippen LogP contribution in [0, 0.1) is 0 Å². The molecule has 0 aromatic heterocycles. The maximum atomic E-state index is 10.8. The third-order valence-corrected chi connectivity index (χ3v) is 2.48. The first-order chi connectivity index (χ1) is 4.75. The zero-order valence-corrected chi connectivity index (χ0v) is 7.00. The second-order valence-corrected chi connectivity index (χ2v) is 3.21. The van der Waals surface area contributed by atoms with Gasteiger partial charge in [-0.15, -0.1) is 0 Å². The van der Waals surface area contributed by atoms with Crippen LogP contribution in [0.25, 0.3) is 0 Å². The van der Waals surface area contributed by atoms with Gasteiger partial charge in [-0.1, -0.05) is 0 Å². The van der Waals surface area contributed by atoms with Crippen LogP contribution in [0.2, 0.25) is 0 Å². The number of rotatable bonds is 2. The van der Waals surface area contributed by atoms with Crippen molar-refractivity contribution in [3.8, 4) is 0 Å². The highest BCUT2D eigenvalue weighted by Gasteiger charge is 2.28. The van der Waals surface area contributed by atoms with E-state index < -0.39 is 0 Å². The number of nitrogens with zero attached hydrogens (tertiary/aromatic N) is 1. The van der Waals surface area contributed by atoms with Crippen molar-refractivity contribution in [3.05, 3.63) is 0 Å². The molecular formula is C6H8BrNO2. The highest BCUT2D eigenvalue weighted by Crippen LogP contribution is 2.20. The maximum absolute atomic E-state index is 10.8. The molecule has 3 nitrogen and oxygen atoms in total. The average molecular weight is 206 g/mol. The number of aldehydes is 1. The Bertz CT molecular complexity index is 160. The van der Waals surface area contributed by atoms with E-state index in [2.05, 4.69) is 16.1 Å². The van der Waals surface area contributed by atoms with Gasteiger partial charge in [-0.05, 0) is 12.8 Å². The van der Waals surface area contributed by atoms with Crippen molar-refractivity contribution in [1.82, 2.24) is 3.93 Å². The van der Waals surface area contributed by atoms with Gasteiger partial charge in [-0.3, -0.25) is 9.59 Å². The highest BCUT2D eigenvalue weighted by molar-refractivity contribution is 9.07. The SMILES string of the molecule is O=CC(=O)C1CCCN1Br. The molecule has 1 rings (SSSR count). The molecule has 1 aliphatic rings. The van der Waals surface area contributed by atoms with Gasteiger partial charge in [0.05, 0.1) is 6.04 Å². The fraction of sp³-hybridized carbons (Fsp3) is 0.667. The average Bonchev–Trinajstić information content (AvgIpc) is 2.34. The van der Waals surface area contributed by atoms with Crippen LogP contribution in [0.5, 0.6) is 0 Å². The summed E-state index contributed by atoms with van der Waals surface area (Å²) < 4.78 is 1.74. The number of carbonyl (C=O) groups excluding carboxylic acids is 2. The maximum Gasteiger partial charge on any atom is 0.213 e. The minimum atomic E-state index is -0.325. The molecule has 10 heavy (non-hydrogen) atoms. The third-order valence-electron chi connectivity index (χ3n) is 1.63. The van der Waals surface area contributed by atoms with E-state index in [1.54, 1.807) is 3.93 Å². The zero-order chi connectivity index (χ0) is 7.56. The predicted octanol–water partition coefficient (Wildman–Crippen LogP) is 0.529. The summed E-state index contributed by atoms with van der Waals surface area (Å²) in [5.41, 5.74) is 0. The van der Waals surface area contributed by atoms with E-state index >= 15 is 0 Å². The lowest BCUT2D eigenvalue weighted by molar-refractivity contribution is -0.131. The molecule has 1 heterocycles. The van der Waals surface area contributed by atoms with Crippen molar-refractivity contribution in [1.29, 1.82) is 0 Å². The van der Waals surface area contributed by atoms with Gasteiger partial charge in [-0.2, -0.15) is 0 Å². The number of carbonyl (C=O) groups is 2. The molecule has 0 saturated carbocycles. The minimum Gasteiger partial charge on any atom is -0.295 e. The van der Waals surface area contributed by atoms with E-state index in [-0.39, 0.29) is 11.8 Å². The normalized spacial score (nSPS) is 26.7. The molecule has 1 unspecified atom stereocenters. The van der Waals surface area contributed by atoms with E-state index in [9.17, 15) is 9.59 Å². The Morgan fingerprint density at radius 3 is 2.80 bits per heavy atom. The van der Waals surface area contributed by atoms with Crippen molar-refractivity contribution in [2.75, 3.05) is 6.54 Å². The summed E-state index contributed by atoms with van der Waals surface area (Å²) in [6, 6.07) is -0.211. The van der Waals surface area contributed by atoms with E-state index in [1.165, 1.54) is 0 Å². The van der Waals surface area contributed by atoms with Crippen molar-refractivity contribution >= 4 is 28.2 Å². The van der Waals surface area contributed by atoms with Gasteiger partial charge in [0.1, 0.15) is 0 Å². The van der Waals surface area contributed by atoms with E-state index in [1.807, 2.05) is 0 Å². The number of halogens is 1. The van der Waals surface area contributed by atoms with E-state index in [4.69, 9.17) is 0 Å². The fourth-order valence-electron chi connectivity index (χ4n) is 1.09. The number of Topliss-reactive ketones (excluding diaryl/α,β-unsaturated/α-hetero) is 1. The summed E-state index contributed by atoms with van der Waals surface area (Å²) in [5.74, 6) is -0.325. The largest absolute Gasteiger partial charge is 0.295 e. The van der Waals surface area contributed by atoms with Crippen molar-refractivity contribution in [2.45, 2.75) is 18.9 Å². The lowest BCUT2D eigenvalue weighted by atomic mass is 10.1. The van der Waals surface area contributed by atoms with Gasteiger partial charge in [-0.25, -0.2) is 3.93 Å². The van der Waals surface area contributed by atoms with Crippen LogP contribution in [0.15, 0.2) is 0 Å². The molecule has 1 saturated heterocycles. The summed E-state index contributed by atoms with van der Waals surface area (Å²) in [7, 11) is 0. The number of ketones is 1. The Morgan fingerprint density at radius 1 is 1.70 bits per heavy atom. The summed E-state index contributed by atoms with van der Waals surface area (Å²) >= 11 is 3.20. The van der Waals surface area contributed by atoms with Crippen molar-refractivity contribution in [2.24, 2.45) is 0 Å². The van der Waals surface area contributed by atoms with Crippen LogP contribution in [0.3, 0.4) is 0 Å². The van der Waals surface area contributed by atoms with Crippen LogP contribution in [-0.2, 0) is 9.59 Å². The van der Waals surface area contributed by atoms with Crippen LogP contribution in [0.4, 0.5) is 0 Å². The molecule has 0 aromatic carbocycles.